The molecule has 528 valence electrons. The molecule has 17 nitrogen and oxygen atoms in total. The van der Waals surface area contributed by atoms with Crippen LogP contribution in [0.2, 0.25) is 0 Å². The lowest BCUT2D eigenvalue weighted by atomic mass is 9.99. The first kappa shape index (κ1) is 87.1. The monoisotopic (exact) mass is 1310 g/mol. The Morgan fingerprint density at radius 3 is 0.854 bits per heavy atom. The average Bonchev–Trinajstić information content (AvgIpc) is 3.71. The summed E-state index contributed by atoms with van der Waals surface area (Å²) >= 11 is 0. The van der Waals surface area contributed by atoms with E-state index in [0.717, 1.165) is 95.8 Å². The van der Waals surface area contributed by atoms with Gasteiger partial charge < -0.3 is 33.8 Å². The molecule has 0 amide bonds. The van der Waals surface area contributed by atoms with Crippen molar-refractivity contribution in [2.75, 3.05) is 39.6 Å². The summed E-state index contributed by atoms with van der Waals surface area (Å²) in [6.07, 6.45) is 47.1. The molecule has 0 saturated carbocycles. The Balaban J connectivity index is 5.21. The molecule has 19 heteroatoms. The number of carbonyl (C=O) groups excluding carboxylic acids is 4. The van der Waals surface area contributed by atoms with Crippen molar-refractivity contribution >= 4 is 39.5 Å². The number of rotatable bonds is 69. The predicted molar refractivity (Wildman–Crippen MR) is 358 cm³/mol. The van der Waals surface area contributed by atoms with Crippen molar-refractivity contribution in [3.63, 3.8) is 0 Å². The normalized spacial score (nSPS) is 14.4. The van der Waals surface area contributed by atoms with Gasteiger partial charge in [0.25, 0.3) is 0 Å². The van der Waals surface area contributed by atoms with E-state index in [0.29, 0.717) is 31.6 Å². The van der Waals surface area contributed by atoms with Gasteiger partial charge in [-0.15, -0.1) is 0 Å². The number of phosphoric acid groups is 2. The van der Waals surface area contributed by atoms with E-state index >= 15 is 0 Å². The summed E-state index contributed by atoms with van der Waals surface area (Å²) in [6, 6.07) is 0. The number of hydrogen-bond donors (Lipinski definition) is 3. The van der Waals surface area contributed by atoms with Gasteiger partial charge in [-0.3, -0.25) is 37.3 Å². The lowest BCUT2D eigenvalue weighted by Gasteiger charge is -2.21. The molecule has 0 aromatic heterocycles. The zero-order valence-corrected chi connectivity index (χ0v) is 59.5. The number of unbranched alkanes of at least 4 members (excludes halogenated alkanes) is 38. The van der Waals surface area contributed by atoms with Gasteiger partial charge in [-0.2, -0.15) is 0 Å². The van der Waals surface area contributed by atoms with E-state index in [1.165, 1.54) is 173 Å². The van der Waals surface area contributed by atoms with Crippen LogP contribution in [0.1, 0.15) is 356 Å². The molecule has 6 atom stereocenters. The van der Waals surface area contributed by atoms with E-state index in [2.05, 4.69) is 41.5 Å². The van der Waals surface area contributed by atoms with E-state index in [1.807, 2.05) is 0 Å². The van der Waals surface area contributed by atoms with Gasteiger partial charge in [-0.05, 0) is 37.5 Å². The number of esters is 4. The lowest BCUT2D eigenvalue weighted by molar-refractivity contribution is -0.161. The highest BCUT2D eigenvalue weighted by Gasteiger charge is 2.30. The molecule has 0 spiro atoms. The van der Waals surface area contributed by atoms with E-state index < -0.39 is 97.5 Å². The minimum absolute atomic E-state index is 0.104. The Bertz CT molecular complexity index is 1740. The van der Waals surface area contributed by atoms with Crippen LogP contribution in [0.25, 0.3) is 0 Å². The first-order chi connectivity index (χ1) is 42.9. The molecule has 0 aromatic carbocycles. The molecule has 3 N–H and O–H groups in total. The number of carbonyl (C=O) groups is 4. The highest BCUT2D eigenvalue weighted by molar-refractivity contribution is 7.47. The molecule has 0 heterocycles. The largest absolute Gasteiger partial charge is 0.472 e. The quantitative estimate of drug-likeness (QED) is 0.0222. The van der Waals surface area contributed by atoms with E-state index in [1.54, 1.807) is 0 Å². The maximum absolute atomic E-state index is 13.0. The second-order valence-corrected chi connectivity index (χ2v) is 28.9. The summed E-state index contributed by atoms with van der Waals surface area (Å²) in [4.78, 5) is 72.5. The van der Waals surface area contributed by atoms with Crippen LogP contribution < -0.4 is 0 Å². The molecule has 0 bridgehead atoms. The van der Waals surface area contributed by atoms with Gasteiger partial charge in [-0.25, -0.2) is 9.13 Å². The molecule has 0 radical (unpaired) electrons. The summed E-state index contributed by atoms with van der Waals surface area (Å²) < 4.78 is 68.2. The van der Waals surface area contributed by atoms with Gasteiger partial charge in [0, 0.05) is 25.7 Å². The zero-order valence-electron chi connectivity index (χ0n) is 57.7. The topological polar surface area (TPSA) is 237 Å². The number of phosphoric ester groups is 2. The molecular weight excluding hydrogens is 1170 g/mol. The van der Waals surface area contributed by atoms with Gasteiger partial charge in [-0.1, -0.05) is 305 Å². The summed E-state index contributed by atoms with van der Waals surface area (Å²) in [6.45, 7) is 9.53. The van der Waals surface area contributed by atoms with E-state index in [-0.39, 0.29) is 25.7 Å². The van der Waals surface area contributed by atoms with Gasteiger partial charge in [0.05, 0.1) is 26.4 Å². The first-order valence-electron chi connectivity index (χ1n) is 36.5. The minimum Gasteiger partial charge on any atom is -0.462 e. The third-order valence-electron chi connectivity index (χ3n) is 16.6. The number of hydrogen-bond acceptors (Lipinski definition) is 15. The second-order valence-electron chi connectivity index (χ2n) is 26.0. The number of aliphatic hydroxyl groups is 1. The molecule has 3 unspecified atom stereocenters. The Hall–Kier alpha value is -1.94. The molecule has 0 fully saturated rings. The maximum atomic E-state index is 13.0. The van der Waals surface area contributed by atoms with Crippen LogP contribution >= 0.6 is 15.6 Å². The van der Waals surface area contributed by atoms with Crippen molar-refractivity contribution in [2.24, 2.45) is 11.8 Å². The van der Waals surface area contributed by atoms with Crippen LogP contribution in [0, 0.1) is 11.8 Å². The molecule has 0 saturated heterocycles. The molecule has 0 aliphatic heterocycles. The van der Waals surface area contributed by atoms with Gasteiger partial charge in [0.2, 0.25) is 0 Å². The van der Waals surface area contributed by atoms with Gasteiger partial charge >= 0.3 is 39.5 Å². The SMILES string of the molecule is CCCCCCCCCCCCCC(=O)OC[C@H](COP(=O)(O)OC[C@@H](O)COP(=O)(O)OC[C@@H](COC(=O)CCCCCCCCCCCC)OC(=O)CCCCCCCCCC(C)C)OC(=O)CCCCCCCCCCCCCCCCC(C)CC. The van der Waals surface area contributed by atoms with Crippen molar-refractivity contribution in [3.8, 4) is 0 Å². The minimum atomic E-state index is -4.95. The highest BCUT2D eigenvalue weighted by Crippen LogP contribution is 2.45. The first-order valence-corrected chi connectivity index (χ1v) is 39.5. The zero-order chi connectivity index (χ0) is 65.7. The molecule has 0 aliphatic rings. The number of ether oxygens (including phenoxy) is 4. The van der Waals surface area contributed by atoms with Crippen LogP contribution in [0.4, 0.5) is 0 Å². The third-order valence-corrected chi connectivity index (χ3v) is 18.5. The molecule has 0 aliphatic carbocycles. The standard InChI is InChI=1S/C70H136O17P2/c1-7-10-12-14-16-18-24-29-35-41-47-53-68(73)81-58-65(86-69(74)54-48-42-36-30-26-23-21-20-22-25-27-33-39-45-51-63(6)9-3)60-84-88(76,77)82-56-64(71)57-83-89(78,79)85-61-66(87-70(75)55-49-43-37-31-32-38-44-50-62(4)5)59-80-67(72)52-46-40-34-28-19-17-15-13-11-8-2/h62-66,71H,7-61H2,1-6H3,(H,76,77)(H,78,79)/t63?,64-,65-,66-/m1/s1. The Labute approximate surface area is 543 Å². The van der Waals surface area contributed by atoms with Gasteiger partial charge in [0.15, 0.2) is 12.2 Å². The van der Waals surface area contributed by atoms with Crippen LogP contribution in [-0.2, 0) is 65.4 Å². The summed E-state index contributed by atoms with van der Waals surface area (Å²) in [5.74, 6) is -0.584. The molecule has 0 rings (SSSR count). The van der Waals surface area contributed by atoms with Gasteiger partial charge in [0.1, 0.15) is 19.3 Å². The summed E-state index contributed by atoms with van der Waals surface area (Å²) in [5, 5.41) is 10.6. The fourth-order valence-corrected chi connectivity index (χ4v) is 12.1. The lowest BCUT2D eigenvalue weighted by Crippen LogP contribution is -2.30. The Morgan fingerprint density at radius 1 is 0.326 bits per heavy atom. The number of aliphatic hydroxyl groups excluding tert-OH is 1. The van der Waals surface area contributed by atoms with Crippen molar-refractivity contribution in [1.82, 2.24) is 0 Å². The van der Waals surface area contributed by atoms with Crippen molar-refractivity contribution in [3.05, 3.63) is 0 Å². The molecule has 0 aromatic rings. The molecular formula is C70H136O17P2. The van der Waals surface area contributed by atoms with E-state index in [9.17, 15) is 43.2 Å². The van der Waals surface area contributed by atoms with Crippen LogP contribution in [0.5, 0.6) is 0 Å². The average molecular weight is 1310 g/mol. The Kier molecular flexibility index (Phi) is 60.8. The maximum Gasteiger partial charge on any atom is 0.472 e. The highest BCUT2D eigenvalue weighted by atomic mass is 31.2. The summed E-state index contributed by atoms with van der Waals surface area (Å²) in [7, 11) is -9.90. The Morgan fingerprint density at radius 2 is 0.573 bits per heavy atom. The van der Waals surface area contributed by atoms with Crippen LogP contribution in [0.3, 0.4) is 0 Å². The second kappa shape index (κ2) is 62.2. The predicted octanol–water partition coefficient (Wildman–Crippen LogP) is 20.0. The smallest absolute Gasteiger partial charge is 0.462 e. The van der Waals surface area contributed by atoms with Crippen molar-refractivity contribution in [2.45, 2.75) is 374 Å². The molecule has 89 heavy (non-hydrogen) atoms. The summed E-state index contributed by atoms with van der Waals surface area (Å²) in [5.41, 5.74) is 0. The fourth-order valence-electron chi connectivity index (χ4n) is 10.6. The van der Waals surface area contributed by atoms with Crippen molar-refractivity contribution in [1.29, 1.82) is 0 Å². The van der Waals surface area contributed by atoms with E-state index in [4.69, 9.17) is 37.0 Å². The van der Waals surface area contributed by atoms with Crippen LogP contribution in [-0.4, -0.2) is 96.7 Å². The third kappa shape index (κ3) is 63.2. The van der Waals surface area contributed by atoms with Crippen LogP contribution in [0.15, 0.2) is 0 Å². The fraction of sp³-hybridized carbons (Fsp3) is 0.943. The van der Waals surface area contributed by atoms with Crippen molar-refractivity contribution < 1.29 is 80.2 Å².